The van der Waals surface area contributed by atoms with Crippen molar-refractivity contribution in [1.82, 2.24) is 14.9 Å². The van der Waals surface area contributed by atoms with E-state index in [9.17, 15) is 4.79 Å². The molecule has 0 bridgehead atoms. The first-order chi connectivity index (χ1) is 11.4. The van der Waals surface area contributed by atoms with Crippen LogP contribution in [-0.2, 0) is 4.74 Å². The van der Waals surface area contributed by atoms with Crippen molar-refractivity contribution in [2.24, 2.45) is 0 Å². The van der Waals surface area contributed by atoms with E-state index in [1.54, 1.807) is 0 Å². The number of rotatable bonds is 3. The second-order valence-electron chi connectivity index (χ2n) is 7.31. The summed E-state index contributed by atoms with van der Waals surface area (Å²) in [7, 11) is 0. The van der Waals surface area contributed by atoms with E-state index in [4.69, 9.17) is 4.74 Å². The lowest BCUT2D eigenvalue weighted by atomic mass is 10.0. The second kappa shape index (κ2) is 6.71. The number of fused-ring (bicyclic) bond motifs is 1. The van der Waals surface area contributed by atoms with Gasteiger partial charge in [-0.25, -0.2) is 9.78 Å². The number of carbonyl (C=O) groups excluding carboxylic acids is 1. The fourth-order valence-corrected chi connectivity index (χ4v) is 3.02. The zero-order valence-corrected chi connectivity index (χ0v) is 14.6. The van der Waals surface area contributed by atoms with Crippen LogP contribution < -0.4 is 5.32 Å². The monoisotopic (exact) mass is 330 g/mol. The number of carbonyl (C=O) groups is 1. The molecular formula is C18H26N4O2. The van der Waals surface area contributed by atoms with E-state index < -0.39 is 5.60 Å². The molecule has 1 aliphatic rings. The summed E-state index contributed by atoms with van der Waals surface area (Å²) in [5.74, 6) is 0.742. The minimum atomic E-state index is -0.467. The highest BCUT2D eigenvalue weighted by Crippen LogP contribution is 2.21. The molecule has 2 aromatic rings. The smallest absolute Gasteiger partial charge is 0.410 e. The fraction of sp³-hybridized carbons (Fsp3) is 0.556. The van der Waals surface area contributed by atoms with Crippen LogP contribution in [0.25, 0.3) is 11.0 Å². The van der Waals surface area contributed by atoms with Crippen molar-refractivity contribution in [2.45, 2.75) is 51.7 Å². The van der Waals surface area contributed by atoms with Crippen molar-refractivity contribution in [3.05, 3.63) is 24.3 Å². The van der Waals surface area contributed by atoms with Gasteiger partial charge in [-0.1, -0.05) is 12.1 Å². The van der Waals surface area contributed by atoms with Crippen molar-refractivity contribution < 1.29 is 9.53 Å². The van der Waals surface area contributed by atoms with Gasteiger partial charge in [-0.2, -0.15) is 0 Å². The van der Waals surface area contributed by atoms with Crippen LogP contribution in [0.3, 0.4) is 0 Å². The van der Waals surface area contributed by atoms with Gasteiger partial charge in [-0.05, 0) is 52.2 Å². The molecule has 24 heavy (non-hydrogen) atoms. The molecule has 1 saturated heterocycles. The van der Waals surface area contributed by atoms with Crippen LogP contribution in [0.2, 0.25) is 0 Å². The van der Waals surface area contributed by atoms with Crippen LogP contribution in [0, 0.1) is 0 Å². The number of amides is 1. The molecule has 1 atom stereocenters. The number of hydrogen-bond donors (Lipinski definition) is 2. The average Bonchev–Trinajstić information content (AvgIpc) is 2.94. The van der Waals surface area contributed by atoms with Crippen LogP contribution in [0.1, 0.15) is 40.0 Å². The van der Waals surface area contributed by atoms with Gasteiger partial charge in [0.05, 0.1) is 17.1 Å². The number of imidazole rings is 1. The third-order valence-electron chi connectivity index (χ3n) is 4.15. The van der Waals surface area contributed by atoms with Crippen molar-refractivity contribution in [1.29, 1.82) is 0 Å². The summed E-state index contributed by atoms with van der Waals surface area (Å²) >= 11 is 0. The molecule has 0 radical (unpaired) electrons. The quantitative estimate of drug-likeness (QED) is 0.899. The van der Waals surface area contributed by atoms with Gasteiger partial charge in [0, 0.05) is 13.1 Å². The van der Waals surface area contributed by atoms with Gasteiger partial charge in [-0.15, -0.1) is 0 Å². The summed E-state index contributed by atoms with van der Waals surface area (Å²) in [4.78, 5) is 22.1. The van der Waals surface area contributed by atoms with Gasteiger partial charge >= 0.3 is 6.09 Å². The summed E-state index contributed by atoms with van der Waals surface area (Å²) < 4.78 is 5.54. The van der Waals surface area contributed by atoms with Gasteiger partial charge < -0.3 is 19.9 Å². The van der Waals surface area contributed by atoms with E-state index >= 15 is 0 Å². The Balaban J connectivity index is 1.64. The summed E-state index contributed by atoms with van der Waals surface area (Å²) in [5.41, 5.74) is 1.48. The third kappa shape index (κ3) is 3.99. The molecule has 1 fully saturated rings. The Bertz CT molecular complexity index is 671. The first-order valence-corrected chi connectivity index (χ1v) is 8.61. The van der Waals surface area contributed by atoms with Gasteiger partial charge in [0.15, 0.2) is 0 Å². The van der Waals surface area contributed by atoms with E-state index in [-0.39, 0.29) is 12.1 Å². The molecular weight excluding hydrogens is 304 g/mol. The molecule has 1 aromatic heterocycles. The van der Waals surface area contributed by atoms with E-state index in [2.05, 4.69) is 15.3 Å². The van der Waals surface area contributed by atoms with Crippen molar-refractivity contribution in [3.8, 4) is 0 Å². The number of benzene rings is 1. The van der Waals surface area contributed by atoms with E-state index in [1.165, 1.54) is 0 Å². The lowest BCUT2D eigenvalue weighted by Crippen LogP contribution is -2.48. The lowest BCUT2D eigenvalue weighted by molar-refractivity contribution is 0.0114. The first-order valence-electron chi connectivity index (χ1n) is 8.61. The molecule has 130 valence electrons. The number of nitrogens with one attached hydrogen (secondary N) is 2. The predicted molar refractivity (Wildman–Crippen MR) is 95.2 cm³/mol. The molecule has 1 unspecified atom stereocenters. The number of piperidine rings is 1. The number of aromatic nitrogens is 2. The normalized spacial score (nSPS) is 18.6. The largest absolute Gasteiger partial charge is 0.444 e. The highest BCUT2D eigenvalue weighted by molar-refractivity contribution is 5.77. The number of ether oxygens (including phenoxy) is 1. The molecule has 2 N–H and O–H groups in total. The molecule has 6 nitrogen and oxygen atoms in total. The fourth-order valence-electron chi connectivity index (χ4n) is 3.02. The molecule has 0 saturated carbocycles. The average molecular weight is 330 g/mol. The molecule has 1 aromatic carbocycles. The minimum absolute atomic E-state index is 0.127. The minimum Gasteiger partial charge on any atom is -0.444 e. The number of aromatic amines is 1. The van der Waals surface area contributed by atoms with Crippen molar-refractivity contribution in [3.63, 3.8) is 0 Å². The van der Waals surface area contributed by atoms with Crippen LogP contribution in [-0.4, -0.2) is 45.7 Å². The Morgan fingerprint density at radius 2 is 2.17 bits per heavy atom. The standard InChI is InChI=1S/C18H26N4O2/c1-18(2,3)24-17(23)22-11-7-6-8-13(22)12-19-16-20-14-9-4-5-10-15(14)21-16/h4-5,9-10,13H,6-8,11-12H2,1-3H3,(H2,19,20,21). The van der Waals surface area contributed by atoms with Crippen LogP contribution in [0.15, 0.2) is 24.3 Å². The number of likely N-dealkylation sites (tertiary alicyclic amines) is 1. The lowest BCUT2D eigenvalue weighted by Gasteiger charge is -2.36. The van der Waals surface area contributed by atoms with Crippen LogP contribution in [0.5, 0.6) is 0 Å². The zero-order valence-electron chi connectivity index (χ0n) is 14.6. The maximum Gasteiger partial charge on any atom is 0.410 e. The highest BCUT2D eigenvalue weighted by Gasteiger charge is 2.30. The second-order valence-corrected chi connectivity index (χ2v) is 7.31. The Hall–Kier alpha value is -2.24. The number of para-hydroxylation sites is 2. The summed E-state index contributed by atoms with van der Waals surface area (Å²) in [6.45, 7) is 7.12. The Morgan fingerprint density at radius 3 is 2.92 bits per heavy atom. The Kier molecular flexibility index (Phi) is 4.64. The molecule has 3 rings (SSSR count). The molecule has 0 aliphatic carbocycles. The van der Waals surface area contributed by atoms with Gasteiger partial charge in [-0.3, -0.25) is 0 Å². The van der Waals surface area contributed by atoms with E-state index in [0.717, 1.165) is 42.8 Å². The topological polar surface area (TPSA) is 70.2 Å². The van der Waals surface area contributed by atoms with Gasteiger partial charge in [0.25, 0.3) is 0 Å². The van der Waals surface area contributed by atoms with Crippen LogP contribution >= 0.6 is 0 Å². The van der Waals surface area contributed by atoms with Crippen molar-refractivity contribution >= 4 is 23.1 Å². The first kappa shape index (κ1) is 16.6. The number of H-pyrrole nitrogens is 1. The maximum atomic E-state index is 12.4. The number of anilines is 1. The molecule has 6 heteroatoms. The van der Waals surface area contributed by atoms with Crippen LogP contribution in [0.4, 0.5) is 10.7 Å². The summed E-state index contributed by atoms with van der Waals surface area (Å²) in [6, 6.07) is 8.06. The summed E-state index contributed by atoms with van der Waals surface area (Å²) in [6.07, 6.45) is 2.91. The SMILES string of the molecule is CC(C)(C)OC(=O)N1CCCCC1CNc1nc2ccccc2[nH]1. The number of nitrogens with zero attached hydrogens (tertiary/aromatic N) is 2. The maximum absolute atomic E-state index is 12.4. The van der Waals surface area contributed by atoms with Gasteiger partial charge in [0.2, 0.25) is 5.95 Å². The molecule has 0 spiro atoms. The van der Waals surface area contributed by atoms with Crippen molar-refractivity contribution in [2.75, 3.05) is 18.4 Å². The Morgan fingerprint density at radius 1 is 1.38 bits per heavy atom. The molecule has 2 heterocycles. The third-order valence-corrected chi connectivity index (χ3v) is 4.15. The van der Waals surface area contributed by atoms with E-state index in [1.807, 2.05) is 49.9 Å². The molecule has 1 amide bonds. The zero-order chi connectivity index (χ0) is 17.2. The van der Waals surface area contributed by atoms with E-state index in [0.29, 0.717) is 6.54 Å². The Labute approximate surface area is 142 Å². The predicted octanol–water partition coefficient (Wildman–Crippen LogP) is 3.76. The number of hydrogen-bond acceptors (Lipinski definition) is 4. The summed E-state index contributed by atoms with van der Waals surface area (Å²) in [5, 5.41) is 3.34. The molecule has 1 aliphatic heterocycles. The van der Waals surface area contributed by atoms with Gasteiger partial charge in [0.1, 0.15) is 5.60 Å². The highest BCUT2D eigenvalue weighted by atomic mass is 16.6.